The molecule has 0 aliphatic carbocycles. The van der Waals surface area contributed by atoms with Crippen LogP contribution in [0.3, 0.4) is 0 Å². The predicted octanol–water partition coefficient (Wildman–Crippen LogP) is 2.23. The number of carbonyl (C=O) groups excluding carboxylic acids is 2. The Hall–Kier alpha value is -3.22. The Morgan fingerprint density at radius 1 is 1.15 bits per heavy atom. The van der Waals surface area contributed by atoms with E-state index in [2.05, 4.69) is 15.4 Å². The molecule has 0 spiro atoms. The Labute approximate surface area is 157 Å². The van der Waals surface area contributed by atoms with Gasteiger partial charge in [0.2, 0.25) is 0 Å². The predicted molar refractivity (Wildman–Crippen MR) is 101 cm³/mol. The number of hydrogen-bond acceptors (Lipinski definition) is 4. The number of pyridine rings is 1. The van der Waals surface area contributed by atoms with Crippen molar-refractivity contribution in [1.82, 2.24) is 25.0 Å². The van der Waals surface area contributed by atoms with E-state index in [1.165, 1.54) is 0 Å². The first-order valence-electron chi connectivity index (χ1n) is 9.03. The normalized spacial score (nSPS) is 13.7. The zero-order valence-electron chi connectivity index (χ0n) is 15.3. The number of nitrogens with one attached hydrogen (secondary N) is 1. The first-order valence-corrected chi connectivity index (χ1v) is 9.03. The molecule has 3 aromatic rings. The minimum Gasteiger partial charge on any atom is -0.348 e. The molecule has 1 aromatic carbocycles. The van der Waals surface area contributed by atoms with Crippen LogP contribution in [0.1, 0.15) is 40.5 Å². The lowest BCUT2D eigenvalue weighted by Gasteiger charge is -2.27. The minimum atomic E-state index is -0.194. The van der Waals surface area contributed by atoms with E-state index < -0.39 is 0 Å². The summed E-state index contributed by atoms with van der Waals surface area (Å²) in [6.45, 7) is 5.31. The molecule has 27 heavy (non-hydrogen) atoms. The molecule has 4 rings (SSSR count). The fourth-order valence-corrected chi connectivity index (χ4v) is 3.33. The number of aromatic nitrogens is 3. The molecule has 0 atom stereocenters. The highest BCUT2D eigenvalue weighted by Crippen LogP contribution is 2.21. The molecule has 0 unspecified atom stereocenters. The van der Waals surface area contributed by atoms with Gasteiger partial charge in [0.25, 0.3) is 11.8 Å². The van der Waals surface area contributed by atoms with Crippen LogP contribution in [0.15, 0.2) is 42.6 Å². The van der Waals surface area contributed by atoms with E-state index in [1.54, 1.807) is 21.8 Å². The maximum atomic E-state index is 13.1. The molecule has 138 valence electrons. The number of fused-ring (bicyclic) bond motifs is 2. The zero-order valence-corrected chi connectivity index (χ0v) is 15.3. The lowest BCUT2D eigenvalue weighted by Crippen LogP contribution is -2.38. The molecule has 0 fully saturated rings. The van der Waals surface area contributed by atoms with Gasteiger partial charge in [-0.2, -0.15) is 5.10 Å². The molecule has 0 saturated heterocycles. The number of benzene rings is 1. The molecule has 2 amide bonds. The van der Waals surface area contributed by atoms with Crippen LogP contribution in [0.25, 0.3) is 10.8 Å². The van der Waals surface area contributed by atoms with Crippen molar-refractivity contribution in [2.45, 2.75) is 33.0 Å². The van der Waals surface area contributed by atoms with Crippen LogP contribution in [-0.4, -0.2) is 44.1 Å². The van der Waals surface area contributed by atoms with E-state index in [4.69, 9.17) is 0 Å². The van der Waals surface area contributed by atoms with Gasteiger partial charge in [0.15, 0.2) is 5.69 Å². The fourth-order valence-electron chi connectivity index (χ4n) is 3.33. The van der Waals surface area contributed by atoms with Gasteiger partial charge in [0.05, 0.1) is 18.8 Å². The fraction of sp³-hybridized carbons (Fsp3) is 0.300. The van der Waals surface area contributed by atoms with Gasteiger partial charge in [0.1, 0.15) is 5.69 Å². The van der Waals surface area contributed by atoms with Crippen molar-refractivity contribution in [2.24, 2.45) is 0 Å². The van der Waals surface area contributed by atoms with Crippen molar-refractivity contribution in [1.29, 1.82) is 0 Å². The molecule has 0 radical (unpaired) electrons. The smallest absolute Gasteiger partial charge is 0.273 e. The van der Waals surface area contributed by atoms with Crippen molar-refractivity contribution >= 4 is 22.6 Å². The first-order chi connectivity index (χ1) is 13.0. The van der Waals surface area contributed by atoms with Crippen LogP contribution in [0, 0.1) is 0 Å². The topological polar surface area (TPSA) is 80.1 Å². The molecule has 1 N–H and O–H groups in total. The zero-order chi connectivity index (χ0) is 19.0. The number of rotatable bonds is 3. The molecule has 1 aliphatic heterocycles. The van der Waals surface area contributed by atoms with Gasteiger partial charge in [-0.3, -0.25) is 19.3 Å². The van der Waals surface area contributed by atoms with Gasteiger partial charge in [-0.25, -0.2) is 0 Å². The average Bonchev–Trinajstić information content (AvgIpc) is 3.10. The van der Waals surface area contributed by atoms with Crippen LogP contribution in [0.4, 0.5) is 0 Å². The standard InChI is InChI=1S/C20H21N5O2/c1-13(2)22-19(26)17-11-15-12-24(9-10-25(15)23-17)20(27)18-16-6-4-3-5-14(16)7-8-21-18/h3-8,11,13H,9-10,12H2,1-2H3,(H,22,26). The van der Waals surface area contributed by atoms with Crippen molar-refractivity contribution in [3.05, 3.63) is 59.7 Å². The Bertz CT molecular complexity index is 1020. The Morgan fingerprint density at radius 2 is 1.96 bits per heavy atom. The largest absolute Gasteiger partial charge is 0.348 e. The van der Waals surface area contributed by atoms with E-state index in [1.807, 2.05) is 44.2 Å². The van der Waals surface area contributed by atoms with Crippen molar-refractivity contribution in [2.75, 3.05) is 6.54 Å². The molecule has 2 aromatic heterocycles. The van der Waals surface area contributed by atoms with Crippen LogP contribution >= 0.6 is 0 Å². The number of nitrogens with zero attached hydrogens (tertiary/aromatic N) is 4. The monoisotopic (exact) mass is 363 g/mol. The maximum Gasteiger partial charge on any atom is 0.273 e. The van der Waals surface area contributed by atoms with Crippen LogP contribution in [0.5, 0.6) is 0 Å². The summed E-state index contributed by atoms with van der Waals surface area (Å²) in [5.41, 5.74) is 1.69. The van der Waals surface area contributed by atoms with Crippen molar-refractivity contribution in [3.8, 4) is 0 Å². The second-order valence-electron chi connectivity index (χ2n) is 6.98. The lowest BCUT2D eigenvalue weighted by molar-refractivity contribution is 0.0701. The number of hydrogen-bond donors (Lipinski definition) is 1. The summed E-state index contributed by atoms with van der Waals surface area (Å²) >= 11 is 0. The molecule has 7 heteroatoms. The lowest BCUT2D eigenvalue weighted by atomic mass is 10.1. The second kappa shape index (κ2) is 6.83. The van der Waals surface area contributed by atoms with Crippen LogP contribution in [-0.2, 0) is 13.1 Å². The highest BCUT2D eigenvalue weighted by atomic mass is 16.2. The van der Waals surface area contributed by atoms with Gasteiger partial charge >= 0.3 is 0 Å². The van der Waals surface area contributed by atoms with Gasteiger partial charge in [-0.05, 0) is 31.4 Å². The van der Waals surface area contributed by atoms with E-state index in [0.717, 1.165) is 16.5 Å². The van der Waals surface area contributed by atoms with Gasteiger partial charge < -0.3 is 10.2 Å². The molecule has 3 heterocycles. The third-order valence-corrected chi connectivity index (χ3v) is 4.61. The van der Waals surface area contributed by atoms with Crippen molar-refractivity contribution < 1.29 is 9.59 Å². The van der Waals surface area contributed by atoms with Gasteiger partial charge in [-0.15, -0.1) is 0 Å². The second-order valence-corrected chi connectivity index (χ2v) is 6.98. The first kappa shape index (κ1) is 17.2. The third kappa shape index (κ3) is 3.28. The highest BCUT2D eigenvalue weighted by Gasteiger charge is 2.26. The molecule has 0 bridgehead atoms. The minimum absolute atomic E-state index is 0.0479. The Morgan fingerprint density at radius 3 is 2.78 bits per heavy atom. The highest BCUT2D eigenvalue weighted by molar-refractivity contribution is 6.05. The van der Waals surface area contributed by atoms with Gasteiger partial charge in [0, 0.05) is 24.2 Å². The Kier molecular flexibility index (Phi) is 4.35. The summed E-state index contributed by atoms with van der Waals surface area (Å²) in [5.74, 6) is -0.298. The summed E-state index contributed by atoms with van der Waals surface area (Å²) in [5, 5.41) is 9.05. The van der Waals surface area contributed by atoms with Crippen molar-refractivity contribution in [3.63, 3.8) is 0 Å². The average molecular weight is 363 g/mol. The van der Waals surface area contributed by atoms with E-state index in [-0.39, 0.29) is 17.9 Å². The van der Waals surface area contributed by atoms with E-state index in [0.29, 0.717) is 31.0 Å². The molecule has 7 nitrogen and oxygen atoms in total. The van der Waals surface area contributed by atoms with Crippen LogP contribution < -0.4 is 5.32 Å². The Balaban J connectivity index is 1.58. The molecular weight excluding hydrogens is 342 g/mol. The SMILES string of the molecule is CC(C)NC(=O)c1cc2n(n1)CCN(C(=O)c1nccc3ccccc13)C2. The quantitative estimate of drug-likeness (QED) is 0.774. The summed E-state index contributed by atoms with van der Waals surface area (Å²) < 4.78 is 1.80. The van der Waals surface area contributed by atoms with E-state index >= 15 is 0 Å². The molecule has 1 aliphatic rings. The summed E-state index contributed by atoms with van der Waals surface area (Å²) in [6, 6.07) is 11.4. The van der Waals surface area contributed by atoms with Crippen LogP contribution in [0.2, 0.25) is 0 Å². The third-order valence-electron chi connectivity index (χ3n) is 4.61. The maximum absolute atomic E-state index is 13.1. The number of amides is 2. The summed E-state index contributed by atoms with van der Waals surface area (Å²) in [6.07, 6.45) is 1.66. The van der Waals surface area contributed by atoms with Gasteiger partial charge in [-0.1, -0.05) is 24.3 Å². The molecular formula is C20H21N5O2. The number of carbonyl (C=O) groups is 2. The summed E-state index contributed by atoms with van der Waals surface area (Å²) in [4.78, 5) is 31.3. The summed E-state index contributed by atoms with van der Waals surface area (Å²) in [7, 11) is 0. The van der Waals surface area contributed by atoms with E-state index in [9.17, 15) is 9.59 Å². The molecule has 0 saturated carbocycles.